The Bertz CT molecular complexity index is 459. The van der Waals surface area contributed by atoms with Crippen LogP contribution in [0, 0.1) is 5.92 Å². The summed E-state index contributed by atoms with van der Waals surface area (Å²) in [5, 5.41) is 11.6. The second kappa shape index (κ2) is 7.02. The highest BCUT2D eigenvalue weighted by molar-refractivity contribution is 5.81. The molecule has 0 radical (unpaired) electrons. The van der Waals surface area contributed by atoms with E-state index in [0.717, 1.165) is 12.1 Å². The number of carbonyl (C=O) groups is 1. The van der Waals surface area contributed by atoms with E-state index in [4.69, 9.17) is 0 Å². The number of hydrogen-bond donors (Lipinski definition) is 1. The second-order valence-electron chi connectivity index (χ2n) is 7.12. The summed E-state index contributed by atoms with van der Waals surface area (Å²) in [6.07, 6.45) is 2.74. The Morgan fingerprint density at radius 2 is 2.00 bits per heavy atom. The zero-order valence-electron chi connectivity index (χ0n) is 14.3. The van der Waals surface area contributed by atoms with Gasteiger partial charge in [0.05, 0.1) is 23.5 Å². The minimum atomic E-state index is -0.181. The van der Waals surface area contributed by atoms with Gasteiger partial charge in [-0.15, -0.1) is 5.10 Å². The fourth-order valence-corrected chi connectivity index (χ4v) is 1.99. The summed E-state index contributed by atoms with van der Waals surface area (Å²) in [4.78, 5) is 13.8. The molecule has 0 aliphatic carbocycles. The van der Waals surface area contributed by atoms with Crippen LogP contribution in [-0.4, -0.2) is 45.9 Å². The molecular weight excluding hydrogens is 266 g/mol. The summed E-state index contributed by atoms with van der Waals surface area (Å²) in [5.41, 5.74) is 0.771. The molecule has 0 saturated heterocycles. The lowest BCUT2D eigenvalue weighted by Crippen LogP contribution is -2.44. The van der Waals surface area contributed by atoms with Crippen molar-refractivity contribution in [3.05, 3.63) is 11.9 Å². The molecule has 0 bridgehead atoms. The van der Waals surface area contributed by atoms with Gasteiger partial charge in [0.25, 0.3) is 0 Å². The Morgan fingerprint density at radius 3 is 2.43 bits per heavy atom. The molecule has 1 rings (SSSR count). The third-order valence-electron chi connectivity index (χ3n) is 3.20. The average molecular weight is 295 g/mol. The lowest BCUT2D eigenvalue weighted by molar-refractivity contribution is -0.131. The van der Waals surface area contributed by atoms with Gasteiger partial charge in [0.15, 0.2) is 0 Å². The zero-order valence-corrected chi connectivity index (χ0v) is 14.3. The smallest absolute Gasteiger partial charge is 0.239 e. The molecule has 1 aromatic rings. The fourth-order valence-electron chi connectivity index (χ4n) is 1.99. The molecule has 0 spiro atoms. The zero-order chi connectivity index (χ0) is 16.2. The van der Waals surface area contributed by atoms with Crippen LogP contribution in [0.2, 0.25) is 0 Å². The Labute approximate surface area is 127 Å². The van der Waals surface area contributed by atoms with Gasteiger partial charge in [0.1, 0.15) is 0 Å². The van der Waals surface area contributed by atoms with Crippen molar-refractivity contribution >= 4 is 5.91 Å². The quantitative estimate of drug-likeness (QED) is 0.866. The van der Waals surface area contributed by atoms with Gasteiger partial charge in [0, 0.05) is 20.6 Å². The highest BCUT2D eigenvalue weighted by atomic mass is 16.2. The maximum atomic E-state index is 12.2. The van der Waals surface area contributed by atoms with Crippen molar-refractivity contribution in [3.63, 3.8) is 0 Å². The second-order valence-corrected chi connectivity index (χ2v) is 7.12. The van der Waals surface area contributed by atoms with Crippen LogP contribution in [0.3, 0.4) is 0 Å². The molecule has 0 aromatic carbocycles. The summed E-state index contributed by atoms with van der Waals surface area (Å²) in [7, 11) is 3.57. The van der Waals surface area contributed by atoms with Gasteiger partial charge in [-0.25, -0.2) is 4.68 Å². The van der Waals surface area contributed by atoms with Crippen LogP contribution in [-0.2, 0) is 16.9 Å². The SMILES string of the molecule is CC(C)CC(NCc1cn(C(C)(C)C)nn1)C(=O)N(C)C. The largest absolute Gasteiger partial charge is 0.347 e. The van der Waals surface area contributed by atoms with Gasteiger partial charge in [-0.1, -0.05) is 19.1 Å². The highest BCUT2D eigenvalue weighted by Gasteiger charge is 2.22. The summed E-state index contributed by atoms with van der Waals surface area (Å²) < 4.78 is 1.84. The summed E-state index contributed by atoms with van der Waals surface area (Å²) in [5.74, 6) is 0.559. The lowest BCUT2D eigenvalue weighted by Gasteiger charge is -2.22. The first-order valence-corrected chi connectivity index (χ1v) is 7.47. The molecule has 1 aromatic heterocycles. The average Bonchev–Trinajstić information content (AvgIpc) is 2.81. The van der Waals surface area contributed by atoms with Gasteiger partial charge in [-0.05, 0) is 33.1 Å². The first-order chi connectivity index (χ1) is 9.61. The van der Waals surface area contributed by atoms with E-state index in [9.17, 15) is 4.79 Å². The number of aromatic nitrogens is 3. The molecular formula is C15H29N5O. The number of nitrogens with zero attached hydrogens (tertiary/aromatic N) is 4. The van der Waals surface area contributed by atoms with E-state index < -0.39 is 0 Å². The summed E-state index contributed by atoms with van der Waals surface area (Å²) in [6, 6.07) is -0.181. The topological polar surface area (TPSA) is 63.1 Å². The van der Waals surface area contributed by atoms with Crippen LogP contribution in [0.5, 0.6) is 0 Å². The van der Waals surface area contributed by atoms with Crippen molar-refractivity contribution in [3.8, 4) is 0 Å². The number of likely N-dealkylation sites (N-methyl/N-ethyl adjacent to an activating group) is 1. The number of carbonyl (C=O) groups excluding carboxylic acids is 1. The van der Waals surface area contributed by atoms with E-state index in [1.54, 1.807) is 19.0 Å². The van der Waals surface area contributed by atoms with E-state index in [1.807, 2.05) is 10.9 Å². The normalized spacial score (nSPS) is 13.5. The van der Waals surface area contributed by atoms with Crippen LogP contribution in [0.15, 0.2) is 6.20 Å². The van der Waals surface area contributed by atoms with Crippen LogP contribution in [0.1, 0.15) is 46.7 Å². The standard InChI is InChI=1S/C15H29N5O/c1-11(2)8-13(14(21)19(6)7)16-9-12-10-20(18-17-12)15(3,4)5/h10-11,13,16H,8-9H2,1-7H3. The first-order valence-electron chi connectivity index (χ1n) is 7.47. The van der Waals surface area contributed by atoms with Gasteiger partial charge in [-0.3, -0.25) is 4.79 Å². The van der Waals surface area contributed by atoms with Crippen molar-refractivity contribution < 1.29 is 4.79 Å². The lowest BCUT2D eigenvalue weighted by atomic mass is 10.0. The van der Waals surface area contributed by atoms with Crippen molar-refractivity contribution in [2.75, 3.05) is 14.1 Å². The third-order valence-corrected chi connectivity index (χ3v) is 3.20. The maximum absolute atomic E-state index is 12.2. The molecule has 1 N–H and O–H groups in total. The molecule has 1 unspecified atom stereocenters. The van der Waals surface area contributed by atoms with Crippen molar-refractivity contribution in [2.24, 2.45) is 5.92 Å². The van der Waals surface area contributed by atoms with E-state index in [0.29, 0.717) is 12.5 Å². The van der Waals surface area contributed by atoms with Crippen molar-refractivity contribution in [1.29, 1.82) is 0 Å². The van der Waals surface area contributed by atoms with E-state index in [1.165, 1.54) is 0 Å². The maximum Gasteiger partial charge on any atom is 0.239 e. The Balaban J connectivity index is 2.68. The Morgan fingerprint density at radius 1 is 1.38 bits per heavy atom. The number of nitrogens with one attached hydrogen (secondary N) is 1. The Kier molecular flexibility index (Phi) is 5.89. The van der Waals surface area contributed by atoms with Gasteiger partial charge in [0.2, 0.25) is 5.91 Å². The van der Waals surface area contributed by atoms with Gasteiger partial charge in [-0.2, -0.15) is 0 Å². The van der Waals surface area contributed by atoms with E-state index >= 15 is 0 Å². The predicted octanol–water partition coefficient (Wildman–Crippen LogP) is 1.63. The molecule has 1 heterocycles. The number of amides is 1. The molecule has 0 aliphatic rings. The molecule has 21 heavy (non-hydrogen) atoms. The van der Waals surface area contributed by atoms with Crippen LogP contribution < -0.4 is 5.32 Å². The molecule has 0 aliphatic heterocycles. The van der Waals surface area contributed by atoms with Crippen LogP contribution in [0.4, 0.5) is 0 Å². The molecule has 1 amide bonds. The minimum absolute atomic E-state index is 0.0813. The summed E-state index contributed by atoms with van der Waals surface area (Å²) >= 11 is 0. The van der Waals surface area contributed by atoms with Crippen molar-refractivity contribution in [2.45, 2.75) is 59.2 Å². The Hall–Kier alpha value is -1.43. The third kappa shape index (κ3) is 5.46. The van der Waals surface area contributed by atoms with E-state index in [2.05, 4.69) is 50.2 Å². The van der Waals surface area contributed by atoms with Crippen LogP contribution in [0.25, 0.3) is 0 Å². The number of rotatable bonds is 6. The molecule has 6 nitrogen and oxygen atoms in total. The molecule has 0 saturated carbocycles. The fraction of sp³-hybridized carbons (Fsp3) is 0.800. The van der Waals surface area contributed by atoms with Crippen LogP contribution >= 0.6 is 0 Å². The van der Waals surface area contributed by atoms with E-state index in [-0.39, 0.29) is 17.5 Å². The number of hydrogen-bond acceptors (Lipinski definition) is 4. The minimum Gasteiger partial charge on any atom is -0.347 e. The molecule has 0 fully saturated rings. The monoisotopic (exact) mass is 295 g/mol. The highest BCUT2D eigenvalue weighted by Crippen LogP contribution is 2.12. The molecule has 6 heteroatoms. The molecule has 1 atom stereocenters. The first kappa shape index (κ1) is 17.6. The summed E-state index contributed by atoms with van der Waals surface area (Å²) in [6.45, 7) is 11.0. The predicted molar refractivity (Wildman–Crippen MR) is 83.8 cm³/mol. The van der Waals surface area contributed by atoms with Gasteiger partial charge < -0.3 is 10.2 Å². The molecule has 120 valence electrons. The van der Waals surface area contributed by atoms with Gasteiger partial charge >= 0.3 is 0 Å². The van der Waals surface area contributed by atoms with Crippen molar-refractivity contribution in [1.82, 2.24) is 25.2 Å².